The maximum Gasteiger partial charge on any atom is 0.407 e. The van der Waals surface area contributed by atoms with Crippen molar-refractivity contribution < 1.29 is 19.1 Å². The quantitative estimate of drug-likeness (QED) is 0.426. The molecule has 3 N–H and O–H groups in total. The van der Waals surface area contributed by atoms with Crippen molar-refractivity contribution in [2.24, 2.45) is 5.73 Å². The van der Waals surface area contributed by atoms with Crippen molar-refractivity contribution in [3.63, 3.8) is 0 Å². The molecule has 1 unspecified atom stereocenters. The minimum absolute atomic E-state index is 0.110. The Labute approximate surface area is 127 Å². The highest BCUT2D eigenvalue weighted by Crippen LogP contribution is 2.06. The van der Waals surface area contributed by atoms with E-state index in [1.807, 2.05) is 0 Å². The van der Waals surface area contributed by atoms with Crippen LogP contribution in [0.25, 0.3) is 0 Å². The molecule has 0 aliphatic carbocycles. The number of nitrogens with two attached hydrogens (primary N) is 1. The van der Waals surface area contributed by atoms with E-state index in [1.54, 1.807) is 0 Å². The molecule has 0 aromatic carbocycles. The maximum atomic E-state index is 11.5. The smallest absolute Gasteiger partial charge is 0.407 e. The number of hydrogen-bond acceptors (Lipinski definition) is 5. The molecular formula is C15H30N2O4. The van der Waals surface area contributed by atoms with Gasteiger partial charge in [0.25, 0.3) is 0 Å². The Morgan fingerprint density at radius 2 is 1.86 bits per heavy atom. The standard InChI is InChI=1S/C15H30N2O4/c1-3-4-9-14(21-13(2)18)12-20-15(19)17-11-8-6-5-7-10-16/h14H,3-12,16H2,1-2H3,(H,17,19). The first-order chi connectivity index (χ1) is 10.1. The van der Waals surface area contributed by atoms with E-state index in [4.69, 9.17) is 15.2 Å². The van der Waals surface area contributed by atoms with Crippen molar-refractivity contribution in [1.29, 1.82) is 0 Å². The fourth-order valence-corrected chi connectivity index (χ4v) is 1.88. The third kappa shape index (κ3) is 13.4. The number of carbonyl (C=O) groups excluding carboxylic acids is 2. The Morgan fingerprint density at radius 3 is 2.48 bits per heavy atom. The zero-order chi connectivity index (χ0) is 15.9. The summed E-state index contributed by atoms with van der Waals surface area (Å²) in [7, 11) is 0. The van der Waals surface area contributed by atoms with E-state index in [0.29, 0.717) is 19.5 Å². The lowest BCUT2D eigenvalue weighted by Crippen LogP contribution is -2.30. The van der Waals surface area contributed by atoms with Gasteiger partial charge in [0.2, 0.25) is 0 Å². The van der Waals surface area contributed by atoms with Gasteiger partial charge in [-0.15, -0.1) is 0 Å². The predicted molar refractivity (Wildman–Crippen MR) is 82.0 cm³/mol. The molecule has 6 nitrogen and oxygen atoms in total. The van der Waals surface area contributed by atoms with Gasteiger partial charge < -0.3 is 20.5 Å². The van der Waals surface area contributed by atoms with Gasteiger partial charge in [0, 0.05) is 13.5 Å². The van der Waals surface area contributed by atoms with Gasteiger partial charge in [-0.25, -0.2) is 4.79 Å². The molecule has 1 amide bonds. The summed E-state index contributed by atoms with van der Waals surface area (Å²) in [5.41, 5.74) is 5.40. The van der Waals surface area contributed by atoms with E-state index in [-0.39, 0.29) is 18.7 Å². The summed E-state index contributed by atoms with van der Waals surface area (Å²) < 4.78 is 10.2. The van der Waals surface area contributed by atoms with Crippen LogP contribution in [-0.4, -0.2) is 37.9 Å². The Balaban J connectivity index is 3.72. The molecule has 0 saturated carbocycles. The minimum atomic E-state index is -0.456. The van der Waals surface area contributed by atoms with E-state index in [0.717, 1.165) is 38.5 Å². The molecular weight excluding hydrogens is 272 g/mol. The van der Waals surface area contributed by atoms with Gasteiger partial charge in [-0.05, 0) is 32.2 Å². The molecule has 0 heterocycles. The van der Waals surface area contributed by atoms with E-state index >= 15 is 0 Å². The largest absolute Gasteiger partial charge is 0.459 e. The van der Waals surface area contributed by atoms with Gasteiger partial charge in [-0.3, -0.25) is 4.79 Å². The van der Waals surface area contributed by atoms with Crippen molar-refractivity contribution in [1.82, 2.24) is 5.32 Å². The molecule has 0 fully saturated rings. The fraction of sp³-hybridized carbons (Fsp3) is 0.867. The number of ether oxygens (including phenoxy) is 2. The number of rotatable bonds is 12. The number of hydrogen-bond donors (Lipinski definition) is 2. The summed E-state index contributed by atoms with van der Waals surface area (Å²) >= 11 is 0. The molecule has 0 bridgehead atoms. The molecule has 0 aliphatic heterocycles. The Morgan fingerprint density at radius 1 is 1.14 bits per heavy atom. The van der Waals surface area contributed by atoms with Gasteiger partial charge in [0.1, 0.15) is 12.7 Å². The molecule has 0 saturated heterocycles. The fourth-order valence-electron chi connectivity index (χ4n) is 1.88. The second-order valence-electron chi connectivity index (χ2n) is 5.10. The monoisotopic (exact) mass is 302 g/mol. The number of alkyl carbamates (subject to hydrolysis) is 1. The summed E-state index contributed by atoms with van der Waals surface area (Å²) in [6.07, 6.45) is 5.91. The Bertz CT molecular complexity index is 285. The van der Waals surface area contributed by atoms with Crippen LogP contribution in [0.2, 0.25) is 0 Å². The van der Waals surface area contributed by atoms with E-state index in [1.165, 1.54) is 6.92 Å². The molecule has 1 atom stereocenters. The lowest BCUT2D eigenvalue weighted by Gasteiger charge is -2.17. The van der Waals surface area contributed by atoms with Crippen LogP contribution in [0.5, 0.6) is 0 Å². The van der Waals surface area contributed by atoms with Crippen LogP contribution >= 0.6 is 0 Å². The predicted octanol–water partition coefficient (Wildman–Crippen LogP) is 2.35. The molecule has 6 heteroatoms. The SMILES string of the molecule is CCCCC(COC(=O)NCCCCCCN)OC(C)=O. The van der Waals surface area contributed by atoms with Gasteiger partial charge in [0.05, 0.1) is 0 Å². The van der Waals surface area contributed by atoms with Crippen molar-refractivity contribution >= 4 is 12.1 Å². The molecule has 0 rings (SSSR count). The molecule has 21 heavy (non-hydrogen) atoms. The number of esters is 1. The number of carbonyl (C=O) groups is 2. The lowest BCUT2D eigenvalue weighted by molar-refractivity contribution is -0.148. The maximum absolute atomic E-state index is 11.5. The zero-order valence-electron chi connectivity index (χ0n) is 13.4. The van der Waals surface area contributed by atoms with Gasteiger partial charge in [0.15, 0.2) is 0 Å². The Hall–Kier alpha value is -1.30. The highest BCUT2D eigenvalue weighted by Gasteiger charge is 2.14. The van der Waals surface area contributed by atoms with Crippen LogP contribution in [0.4, 0.5) is 4.79 Å². The third-order valence-electron chi connectivity index (χ3n) is 3.01. The van der Waals surface area contributed by atoms with Crippen molar-refractivity contribution in [2.75, 3.05) is 19.7 Å². The molecule has 0 spiro atoms. The van der Waals surface area contributed by atoms with Crippen LogP contribution in [-0.2, 0) is 14.3 Å². The molecule has 0 aromatic rings. The van der Waals surface area contributed by atoms with E-state index in [2.05, 4.69) is 12.2 Å². The van der Waals surface area contributed by atoms with Crippen molar-refractivity contribution in [2.45, 2.75) is 64.9 Å². The average Bonchev–Trinajstić information content (AvgIpc) is 2.45. The molecule has 0 radical (unpaired) electrons. The summed E-state index contributed by atoms with van der Waals surface area (Å²) in [6, 6.07) is 0. The second-order valence-corrected chi connectivity index (χ2v) is 5.10. The molecule has 124 valence electrons. The topological polar surface area (TPSA) is 90.7 Å². The number of nitrogens with one attached hydrogen (secondary N) is 1. The molecule has 0 aliphatic rings. The summed E-state index contributed by atoms with van der Waals surface area (Å²) in [6.45, 7) is 4.84. The van der Waals surface area contributed by atoms with Crippen molar-refractivity contribution in [3.8, 4) is 0 Å². The minimum Gasteiger partial charge on any atom is -0.459 e. The van der Waals surface area contributed by atoms with Gasteiger partial charge >= 0.3 is 12.1 Å². The molecule has 0 aromatic heterocycles. The Kier molecular flexibility index (Phi) is 12.8. The first-order valence-corrected chi connectivity index (χ1v) is 7.88. The highest BCUT2D eigenvalue weighted by atomic mass is 16.6. The third-order valence-corrected chi connectivity index (χ3v) is 3.01. The van der Waals surface area contributed by atoms with Crippen LogP contribution in [0, 0.1) is 0 Å². The van der Waals surface area contributed by atoms with Crippen LogP contribution < -0.4 is 11.1 Å². The highest BCUT2D eigenvalue weighted by molar-refractivity contribution is 5.67. The van der Waals surface area contributed by atoms with E-state index < -0.39 is 6.09 Å². The summed E-state index contributed by atoms with van der Waals surface area (Å²) in [4.78, 5) is 22.5. The van der Waals surface area contributed by atoms with Crippen LogP contribution in [0.15, 0.2) is 0 Å². The first kappa shape index (κ1) is 19.7. The van der Waals surface area contributed by atoms with Crippen LogP contribution in [0.1, 0.15) is 58.8 Å². The lowest BCUT2D eigenvalue weighted by atomic mass is 10.2. The van der Waals surface area contributed by atoms with Crippen molar-refractivity contribution in [3.05, 3.63) is 0 Å². The normalized spacial score (nSPS) is 11.8. The summed E-state index contributed by atoms with van der Waals surface area (Å²) in [5.74, 6) is -0.347. The summed E-state index contributed by atoms with van der Waals surface area (Å²) in [5, 5.41) is 2.69. The first-order valence-electron chi connectivity index (χ1n) is 7.88. The number of unbranched alkanes of at least 4 members (excludes halogenated alkanes) is 4. The van der Waals surface area contributed by atoms with Crippen LogP contribution in [0.3, 0.4) is 0 Å². The average molecular weight is 302 g/mol. The zero-order valence-corrected chi connectivity index (χ0v) is 13.4. The van der Waals surface area contributed by atoms with Gasteiger partial charge in [-0.2, -0.15) is 0 Å². The second kappa shape index (κ2) is 13.7. The van der Waals surface area contributed by atoms with E-state index in [9.17, 15) is 9.59 Å². The number of amides is 1. The van der Waals surface area contributed by atoms with Gasteiger partial charge in [-0.1, -0.05) is 26.2 Å².